The van der Waals surface area contributed by atoms with Crippen molar-refractivity contribution in [3.05, 3.63) is 35.5 Å². The Hall–Kier alpha value is -1.11. The number of allylic oxidation sites excluding steroid dienone is 3. The Morgan fingerprint density at radius 2 is 1.83 bits per heavy atom. The van der Waals surface area contributed by atoms with E-state index in [1.54, 1.807) is 0 Å². The second-order valence-electron chi connectivity index (χ2n) is 12.2. The predicted molar refractivity (Wildman–Crippen MR) is 134 cm³/mol. The van der Waals surface area contributed by atoms with E-state index in [0.717, 1.165) is 30.5 Å². The van der Waals surface area contributed by atoms with E-state index in [4.69, 9.17) is 0 Å². The summed E-state index contributed by atoms with van der Waals surface area (Å²) in [6, 6.07) is 0. The third-order valence-electron chi connectivity index (χ3n) is 10.1. The van der Waals surface area contributed by atoms with Crippen molar-refractivity contribution in [3.8, 4) is 0 Å². The van der Waals surface area contributed by atoms with Gasteiger partial charge in [-0.1, -0.05) is 45.1 Å². The maximum Gasteiger partial charge on any atom is 0.391 e. The van der Waals surface area contributed by atoms with E-state index in [9.17, 15) is 23.4 Å². The van der Waals surface area contributed by atoms with Gasteiger partial charge in [-0.05, 0) is 98.8 Å². The average molecular weight is 496 g/mol. The molecule has 3 unspecified atom stereocenters. The molecule has 0 amide bonds. The Kier molecular flexibility index (Phi) is 7.95. The van der Waals surface area contributed by atoms with Crippen LogP contribution in [0.15, 0.2) is 35.5 Å². The molecule has 4 rings (SSSR count). The number of alkyl halides is 3. The molecule has 0 bridgehead atoms. The summed E-state index contributed by atoms with van der Waals surface area (Å²) < 4.78 is 39.2. The fraction of sp³-hybridized carbons (Fsp3) is 0.793. The first kappa shape index (κ1) is 26.9. The second kappa shape index (κ2) is 10.3. The molecule has 4 fully saturated rings. The largest absolute Gasteiger partial charge is 0.392 e. The first-order valence-corrected chi connectivity index (χ1v) is 13.7. The van der Waals surface area contributed by atoms with Crippen LogP contribution in [0.4, 0.5) is 13.2 Å². The van der Waals surface area contributed by atoms with E-state index >= 15 is 0 Å². The predicted octanol–water partition coefficient (Wildman–Crippen LogP) is 6.28. The summed E-state index contributed by atoms with van der Waals surface area (Å²) in [7, 11) is 0. The van der Waals surface area contributed by atoms with E-state index in [0.29, 0.717) is 37.3 Å². The van der Waals surface area contributed by atoms with Crippen LogP contribution in [0.5, 0.6) is 0 Å². The minimum absolute atomic E-state index is 0.193. The Labute approximate surface area is 209 Å². The van der Waals surface area contributed by atoms with Crippen LogP contribution in [-0.4, -0.2) is 53.1 Å². The topological polar surface area (TPSA) is 43.7 Å². The van der Waals surface area contributed by atoms with Gasteiger partial charge in [-0.15, -0.1) is 0 Å². The quantitative estimate of drug-likeness (QED) is 0.482. The maximum absolute atomic E-state index is 13.1. The van der Waals surface area contributed by atoms with Gasteiger partial charge in [0.05, 0.1) is 18.1 Å². The molecule has 0 aromatic rings. The van der Waals surface area contributed by atoms with Crippen LogP contribution in [0.2, 0.25) is 0 Å². The number of hydrogen-bond donors (Lipinski definition) is 2. The summed E-state index contributed by atoms with van der Waals surface area (Å²) in [6.45, 7) is 12.7. The van der Waals surface area contributed by atoms with Gasteiger partial charge in [0.15, 0.2) is 0 Å². The molecule has 1 saturated heterocycles. The lowest BCUT2D eigenvalue weighted by Crippen LogP contribution is -2.44. The highest BCUT2D eigenvalue weighted by atomic mass is 19.4. The fourth-order valence-electron chi connectivity index (χ4n) is 7.83. The number of aliphatic hydroxyl groups excluding tert-OH is 2. The molecule has 0 spiro atoms. The first-order valence-electron chi connectivity index (χ1n) is 13.7. The van der Waals surface area contributed by atoms with Crippen LogP contribution < -0.4 is 0 Å². The van der Waals surface area contributed by atoms with Crippen LogP contribution in [0.3, 0.4) is 0 Å². The van der Waals surface area contributed by atoms with Crippen molar-refractivity contribution in [2.45, 2.75) is 90.5 Å². The van der Waals surface area contributed by atoms with Crippen molar-refractivity contribution < 1.29 is 23.4 Å². The number of halogens is 3. The number of rotatable bonds is 4. The van der Waals surface area contributed by atoms with Gasteiger partial charge in [0.25, 0.3) is 0 Å². The number of likely N-dealkylation sites (tertiary alicyclic amines) is 1. The first-order chi connectivity index (χ1) is 16.4. The molecule has 0 aromatic heterocycles. The summed E-state index contributed by atoms with van der Waals surface area (Å²) in [4.78, 5) is 2.26. The summed E-state index contributed by atoms with van der Waals surface area (Å²) in [5.74, 6) is 0.255. The van der Waals surface area contributed by atoms with Crippen molar-refractivity contribution in [1.82, 2.24) is 4.90 Å². The van der Waals surface area contributed by atoms with Crippen LogP contribution in [0.1, 0.15) is 72.1 Å². The van der Waals surface area contributed by atoms with E-state index in [1.165, 1.54) is 24.8 Å². The highest BCUT2D eigenvalue weighted by molar-refractivity contribution is 5.39. The average Bonchev–Trinajstić information content (AvgIpc) is 3.16. The van der Waals surface area contributed by atoms with E-state index in [2.05, 4.69) is 37.5 Å². The highest BCUT2D eigenvalue weighted by Crippen LogP contribution is 2.59. The van der Waals surface area contributed by atoms with Crippen molar-refractivity contribution >= 4 is 0 Å². The molecule has 7 atom stereocenters. The van der Waals surface area contributed by atoms with Crippen LogP contribution in [-0.2, 0) is 0 Å². The van der Waals surface area contributed by atoms with Crippen molar-refractivity contribution in [2.75, 3.05) is 19.6 Å². The second-order valence-corrected chi connectivity index (χ2v) is 12.2. The molecule has 1 aliphatic heterocycles. The molecule has 1 heterocycles. The summed E-state index contributed by atoms with van der Waals surface area (Å²) in [5, 5.41) is 20.7. The van der Waals surface area contributed by atoms with Gasteiger partial charge in [-0.2, -0.15) is 13.2 Å². The Balaban J connectivity index is 1.41. The van der Waals surface area contributed by atoms with Crippen LogP contribution in [0, 0.1) is 35.0 Å². The number of hydrogen-bond acceptors (Lipinski definition) is 3. The Morgan fingerprint density at radius 3 is 2.49 bits per heavy atom. The molecule has 0 radical (unpaired) electrons. The van der Waals surface area contributed by atoms with Gasteiger partial charge in [0, 0.05) is 12.5 Å². The van der Waals surface area contributed by atoms with Gasteiger partial charge in [0.2, 0.25) is 0 Å². The Morgan fingerprint density at radius 1 is 1.14 bits per heavy atom. The standard InChI is InChI=1S/C29H44F3NO2/c1-18(17-33-14-11-23(12-15-33)29(30,31)32)24-9-10-25-21(6-5-13-28(24,25)4)7-8-22-16-26(34)20(3)27(35)19(22)2/h7-8,18,20,23-27,34-35H,2,5-6,9-17H2,1,3-4H3/b21-7+,22-8-/t18-,20?,24+,25-,26?,27?,28+/m0/s1. The third kappa shape index (κ3) is 5.45. The molecular formula is C29H44F3NO2. The molecule has 35 heavy (non-hydrogen) atoms. The smallest absolute Gasteiger partial charge is 0.391 e. The van der Waals surface area contributed by atoms with Gasteiger partial charge >= 0.3 is 6.18 Å². The number of piperidine rings is 1. The highest BCUT2D eigenvalue weighted by Gasteiger charge is 2.51. The lowest BCUT2D eigenvalue weighted by Gasteiger charge is -2.45. The van der Waals surface area contributed by atoms with Crippen molar-refractivity contribution in [1.29, 1.82) is 0 Å². The molecular weight excluding hydrogens is 451 g/mol. The number of nitrogens with zero attached hydrogens (tertiary/aromatic N) is 1. The molecule has 3 aliphatic carbocycles. The summed E-state index contributed by atoms with van der Waals surface area (Å²) >= 11 is 0. The minimum atomic E-state index is -4.05. The van der Waals surface area contributed by atoms with Gasteiger partial charge in [-0.25, -0.2) is 0 Å². The summed E-state index contributed by atoms with van der Waals surface area (Å²) in [5.41, 5.74) is 3.38. The minimum Gasteiger partial charge on any atom is -0.392 e. The number of aliphatic hydroxyl groups is 2. The molecule has 6 heteroatoms. The third-order valence-corrected chi connectivity index (χ3v) is 10.1. The van der Waals surface area contributed by atoms with Crippen molar-refractivity contribution in [3.63, 3.8) is 0 Å². The van der Waals surface area contributed by atoms with E-state index in [1.807, 2.05) is 6.92 Å². The molecule has 198 valence electrons. The monoisotopic (exact) mass is 495 g/mol. The van der Waals surface area contributed by atoms with Crippen LogP contribution >= 0.6 is 0 Å². The molecule has 3 saturated carbocycles. The zero-order chi connectivity index (χ0) is 25.5. The maximum atomic E-state index is 13.1. The molecule has 3 nitrogen and oxygen atoms in total. The normalized spacial score (nSPS) is 40.9. The summed E-state index contributed by atoms with van der Waals surface area (Å²) in [6.07, 6.45) is 5.83. The molecule has 0 aromatic carbocycles. The van der Waals surface area contributed by atoms with Crippen LogP contribution in [0.25, 0.3) is 0 Å². The zero-order valence-electron chi connectivity index (χ0n) is 21.7. The van der Waals surface area contributed by atoms with Crippen molar-refractivity contribution in [2.24, 2.45) is 35.0 Å². The molecule has 4 aliphatic rings. The van der Waals surface area contributed by atoms with Gasteiger partial charge < -0.3 is 15.1 Å². The SMILES string of the molecule is C=C1/C(=C\C=C2/CCC[C@]3(C)[C@@H]([C@@H](C)CN4CCC(C(F)(F)F)CC4)CC[C@@H]23)CC(O)C(C)C1O. The fourth-order valence-corrected chi connectivity index (χ4v) is 7.83. The lowest BCUT2D eigenvalue weighted by atomic mass is 9.61. The van der Waals surface area contributed by atoms with E-state index in [-0.39, 0.29) is 24.2 Å². The van der Waals surface area contributed by atoms with Gasteiger partial charge in [-0.3, -0.25) is 0 Å². The lowest BCUT2D eigenvalue weighted by molar-refractivity contribution is -0.185. The van der Waals surface area contributed by atoms with Gasteiger partial charge in [0.1, 0.15) is 0 Å². The number of fused-ring (bicyclic) bond motifs is 1. The zero-order valence-corrected chi connectivity index (χ0v) is 21.7. The molecule has 2 N–H and O–H groups in total. The van der Waals surface area contributed by atoms with E-state index < -0.39 is 24.3 Å². The Bertz CT molecular complexity index is 841.